The third-order valence-electron chi connectivity index (χ3n) is 3.68. The monoisotopic (exact) mass is 262 g/mol. The SMILES string of the molecule is Cc1cccc(CNCC2CN(C(C)C)CCO2)c1. The van der Waals surface area contributed by atoms with Gasteiger partial charge in [0, 0.05) is 32.2 Å². The van der Waals surface area contributed by atoms with Crippen molar-refractivity contribution in [2.24, 2.45) is 0 Å². The Morgan fingerprint density at radius 3 is 3.00 bits per heavy atom. The average Bonchev–Trinajstić information content (AvgIpc) is 2.39. The first-order chi connectivity index (χ1) is 9.15. The van der Waals surface area contributed by atoms with Crippen LogP contribution in [-0.4, -0.2) is 43.3 Å². The molecule has 19 heavy (non-hydrogen) atoms. The van der Waals surface area contributed by atoms with Crippen LogP contribution in [0.1, 0.15) is 25.0 Å². The third kappa shape index (κ3) is 4.60. The van der Waals surface area contributed by atoms with E-state index in [1.54, 1.807) is 0 Å². The van der Waals surface area contributed by atoms with Crippen LogP contribution in [0, 0.1) is 6.92 Å². The van der Waals surface area contributed by atoms with Gasteiger partial charge in [0.1, 0.15) is 0 Å². The Morgan fingerprint density at radius 1 is 1.42 bits per heavy atom. The van der Waals surface area contributed by atoms with E-state index >= 15 is 0 Å². The minimum Gasteiger partial charge on any atom is -0.374 e. The largest absolute Gasteiger partial charge is 0.374 e. The molecule has 0 saturated carbocycles. The summed E-state index contributed by atoms with van der Waals surface area (Å²) in [7, 11) is 0. The molecule has 1 fully saturated rings. The molecule has 3 heteroatoms. The van der Waals surface area contributed by atoms with E-state index in [1.807, 2.05) is 0 Å². The number of benzene rings is 1. The lowest BCUT2D eigenvalue weighted by Crippen LogP contribution is -2.48. The van der Waals surface area contributed by atoms with Crippen molar-refractivity contribution >= 4 is 0 Å². The Labute approximate surface area is 116 Å². The minimum atomic E-state index is 0.320. The second-order valence-electron chi connectivity index (χ2n) is 5.70. The summed E-state index contributed by atoms with van der Waals surface area (Å²) in [6.45, 7) is 11.4. The molecule has 1 aliphatic rings. The highest BCUT2D eigenvalue weighted by molar-refractivity contribution is 5.21. The van der Waals surface area contributed by atoms with Crippen LogP contribution in [0.25, 0.3) is 0 Å². The van der Waals surface area contributed by atoms with Gasteiger partial charge in [-0.3, -0.25) is 4.90 Å². The van der Waals surface area contributed by atoms with E-state index in [0.29, 0.717) is 12.1 Å². The molecular formula is C16H26N2O. The molecule has 1 aromatic rings. The van der Waals surface area contributed by atoms with Crippen LogP contribution in [0.5, 0.6) is 0 Å². The molecular weight excluding hydrogens is 236 g/mol. The van der Waals surface area contributed by atoms with E-state index in [-0.39, 0.29) is 0 Å². The molecule has 3 nitrogen and oxygen atoms in total. The minimum absolute atomic E-state index is 0.320. The number of nitrogens with one attached hydrogen (secondary N) is 1. The maximum absolute atomic E-state index is 5.82. The molecule has 106 valence electrons. The smallest absolute Gasteiger partial charge is 0.0826 e. The van der Waals surface area contributed by atoms with Crippen molar-refractivity contribution in [3.05, 3.63) is 35.4 Å². The zero-order chi connectivity index (χ0) is 13.7. The molecule has 1 atom stereocenters. The van der Waals surface area contributed by atoms with Gasteiger partial charge in [0.05, 0.1) is 12.7 Å². The summed E-state index contributed by atoms with van der Waals surface area (Å²) in [5.74, 6) is 0. The predicted molar refractivity (Wildman–Crippen MR) is 79.3 cm³/mol. The first-order valence-electron chi connectivity index (χ1n) is 7.27. The van der Waals surface area contributed by atoms with Gasteiger partial charge in [0.2, 0.25) is 0 Å². The van der Waals surface area contributed by atoms with Gasteiger partial charge in [-0.05, 0) is 26.3 Å². The summed E-state index contributed by atoms with van der Waals surface area (Å²) in [5.41, 5.74) is 2.66. The Balaban J connectivity index is 1.73. The Bertz CT molecular complexity index is 392. The van der Waals surface area contributed by atoms with Crippen molar-refractivity contribution in [3.8, 4) is 0 Å². The van der Waals surface area contributed by atoms with Crippen LogP contribution >= 0.6 is 0 Å². The van der Waals surface area contributed by atoms with Gasteiger partial charge in [-0.2, -0.15) is 0 Å². The summed E-state index contributed by atoms with van der Waals surface area (Å²) in [6.07, 6.45) is 0.320. The molecule has 0 amide bonds. The number of morpholine rings is 1. The molecule has 2 rings (SSSR count). The first kappa shape index (κ1) is 14.5. The lowest BCUT2D eigenvalue weighted by Gasteiger charge is -2.35. The van der Waals surface area contributed by atoms with Crippen molar-refractivity contribution in [1.29, 1.82) is 0 Å². The lowest BCUT2D eigenvalue weighted by molar-refractivity contribution is -0.0372. The second-order valence-corrected chi connectivity index (χ2v) is 5.70. The fourth-order valence-corrected chi connectivity index (χ4v) is 2.53. The summed E-state index contributed by atoms with van der Waals surface area (Å²) in [6, 6.07) is 9.26. The van der Waals surface area contributed by atoms with Crippen LogP contribution < -0.4 is 5.32 Å². The zero-order valence-electron chi connectivity index (χ0n) is 12.4. The van der Waals surface area contributed by atoms with Crippen LogP contribution in [0.2, 0.25) is 0 Å². The molecule has 0 aliphatic carbocycles. The normalized spacial score (nSPS) is 20.9. The van der Waals surface area contributed by atoms with Gasteiger partial charge in [-0.1, -0.05) is 29.8 Å². The highest BCUT2D eigenvalue weighted by Gasteiger charge is 2.21. The molecule has 1 aliphatic heterocycles. The van der Waals surface area contributed by atoms with Gasteiger partial charge in [-0.25, -0.2) is 0 Å². The van der Waals surface area contributed by atoms with Crippen molar-refractivity contribution in [1.82, 2.24) is 10.2 Å². The number of hydrogen-bond donors (Lipinski definition) is 1. The molecule has 0 aromatic heterocycles. The zero-order valence-corrected chi connectivity index (χ0v) is 12.4. The van der Waals surface area contributed by atoms with Crippen molar-refractivity contribution in [3.63, 3.8) is 0 Å². The van der Waals surface area contributed by atoms with Crippen LogP contribution in [0.3, 0.4) is 0 Å². The predicted octanol–water partition coefficient (Wildman–Crippen LogP) is 2.19. The fourth-order valence-electron chi connectivity index (χ4n) is 2.53. The molecule has 1 heterocycles. The van der Waals surface area contributed by atoms with E-state index in [9.17, 15) is 0 Å². The van der Waals surface area contributed by atoms with Crippen LogP contribution in [0.4, 0.5) is 0 Å². The highest BCUT2D eigenvalue weighted by Crippen LogP contribution is 2.08. The molecule has 0 bridgehead atoms. The molecule has 1 aromatic carbocycles. The molecule has 0 spiro atoms. The standard InChI is InChI=1S/C16H26N2O/c1-13(2)18-7-8-19-16(12-18)11-17-10-15-6-4-5-14(3)9-15/h4-6,9,13,16-17H,7-8,10-12H2,1-3H3. The molecule has 1 N–H and O–H groups in total. The maximum atomic E-state index is 5.82. The average molecular weight is 262 g/mol. The lowest BCUT2D eigenvalue weighted by atomic mass is 10.1. The summed E-state index contributed by atoms with van der Waals surface area (Å²) in [4.78, 5) is 2.49. The third-order valence-corrected chi connectivity index (χ3v) is 3.68. The number of hydrogen-bond acceptors (Lipinski definition) is 3. The van der Waals surface area contributed by atoms with Crippen LogP contribution in [0.15, 0.2) is 24.3 Å². The number of rotatable bonds is 5. The van der Waals surface area contributed by atoms with Gasteiger partial charge in [-0.15, -0.1) is 0 Å². The number of nitrogens with zero attached hydrogens (tertiary/aromatic N) is 1. The maximum Gasteiger partial charge on any atom is 0.0826 e. The molecule has 1 saturated heterocycles. The Morgan fingerprint density at radius 2 is 2.26 bits per heavy atom. The summed E-state index contributed by atoms with van der Waals surface area (Å²) in [5, 5.41) is 3.51. The molecule has 0 radical (unpaired) electrons. The Kier molecular flexibility index (Phi) is 5.37. The van der Waals surface area contributed by atoms with Crippen molar-refractivity contribution in [2.45, 2.75) is 39.5 Å². The van der Waals surface area contributed by atoms with Gasteiger partial charge in [0.15, 0.2) is 0 Å². The van der Waals surface area contributed by atoms with E-state index in [4.69, 9.17) is 4.74 Å². The molecule has 1 unspecified atom stereocenters. The van der Waals surface area contributed by atoms with Gasteiger partial charge in [0.25, 0.3) is 0 Å². The van der Waals surface area contributed by atoms with E-state index in [1.165, 1.54) is 11.1 Å². The first-order valence-corrected chi connectivity index (χ1v) is 7.27. The van der Waals surface area contributed by atoms with E-state index in [0.717, 1.165) is 32.8 Å². The van der Waals surface area contributed by atoms with Crippen molar-refractivity contribution in [2.75, 3.05) is 26.2 Å². The fraction of sp³-hybridized carbons (Fsp3) is 0.625. The number of aryl methyl sites for hydroxylation is 1. The Hall–Kier alpha value is -0.900. The topological polar surface area (TPSA) is 24.5 Å². The van der Waals surface area contributed by atoms with E-state index < -0.39 is 0 Å². The van der Waals surface area contributed by atoms with Gasteiger partial charge < -0.3 is 10.1 Å². The van der Waals surface area contributed by atoms with E-state index in [2.05, 4.69) is 55.3 Å². The summed E-state index contributed by atoms with van der Waals surface area (Å²) < 4.78 is 5.82. The number of ether oxygens (including phenoxy) is 1. The van der Waals surface area contributed by atoms with Crippen LogP contribution in [-0.2, 0) is 11.3 Å². The quantitative estimate of drug-likeness (QED) is 0.880. The summed E-state index contributed by atoms with van der Waals surface area (Å²) >= 11 is 0. The second kappa shape index (κ2) is 7.04. The highest BCUT2D eigenvalue weighted by atomic mass is 16.5. The van der Waals surface area contributed by atoms with Crippen molar-refractivity contribution < 1.29 is 4.74 Å². The van der Waals surface area contributed by atoms with Gasteiger partial charge >= 0.3 is 0 Å².